The highest BCUT2D eigenvalue weighted by atomic mass is 16.5. The lowest BCUT2D eigenvalue weighted by molar-refractivity contribution is -0.162. The summed E-state index contributed by atoms with van der Waals surface area (Å²) in [5.41, 5.74) is 0.118. The lowest BCUT2D eigenvalue weighted by Gasteiger charge is -2.48. The van der Waals surface area contributed by atoms with Gasteiger partial charge in [0.25, 0.3) is 11.8 Å². The standard InChI is InChI=1S/C23H27N3O5/c1-4-24(13-15(2)3)20(28)14-31-22(30)23-12-11-19(27)26(23)18-8-6-5-7-17(18)21(29)25(23)16-9-10-16/h5-8,16H,2,4,9-14H2,1,3H3. The van der Waals surface area contributed by atoms with Crippen LogP contribution in [0.3, 0.4) is 0 Å². The molecule has 2 aliphatic heterocycles. The summed E-state index contributed by atoms with van der Waals surface area (Å²) < 4.78 is 5.48. The Kier molecular flexibility index (Phi) is 5.33. The number of hydrogen-bond acceptors (Lipinski definition) is 5. The van der Waals surface area contributed by atoms with E-state index in [1.807, 2.05) is 13.8 Å². The number of esters is 1. The zero-order valence-electron chi connectivity index (χ0n) is 17.9. The normalized spacial score (nSPS) is 22.1. The van der Waals surface area contributed by atoms with Crippen LogP contribution in [0.4, 0.5) is 5.69 Å². The monoisotopic (exact) mass is 425 g/mol. The molecular weight excluding hydrogens is 398 g/mol. The summed E-state index contributed by atoms with van der Waals surface area (Å²) in [5, 5.41) is 0. The zero-order chi connectivity index (χ0) is 22.3. The lowest BCUT2D eigenvalue weighted by Crippen LogP contribution is -2.69. The van der Waals surface area contributed by atoms with Crippen LogP contribution in [0.5, 0.6) is 0 Å². The first-order valence-electron chi connectivity index (χ1n) is 10.7. The van der Waals surface area contributed by atoms with Crippen LogP contribution in [0.25, 0.3) is 0 Å². The minimum Gasteiger partial charge on any atom is -0.452 e. The van der Waals surface area contributed by atoms with Gasteiger partial charge >= 0.3 is 5.97 Å². The maximum absolute atomic E-state index is 13.5. The van der Waals surface area contributed by atoms with E-state index in [1.165, 1.54) is 9.80 Å². The Balaban J connectivity index is 1.65. The van der Waals surface area contributed by atoms with E-state index in [2.05, 4.69) is 6.58 Å². The third-order valence-corrected chi connectivity index (χ3v) is 6.06. The molecule has 2 fully saturated rings. The van der Waals surface area contributed by atoms with Crippen molar-refractivity contribution in [2.75, 3.05) is 24.6 Å². The summed E-state index contributed by atoms with van der Waals surface area (Å²) in [6, 6.07) is 6.72. The number of likely N-dealkylation sites (N-methyl/N-ethyl adjacent to an activating group) is 1. The van der Waals surface area contributed by atoms with Gasteiger partial charge in [-0.15, -0.1) is 0 Å². The Bertz CT molecular complexity index is 970. The van der Waals surface area contributed by atoms with Crippen LogP contribution < -0.4 is 4.90 Å². The third kappa shape index (κ3) is 3.40. The van der Waals surface area contributed by atoms with Crippen molar-refractivity contribution in [1.82, 2.24) is 9.80 Å². The molecule has 0 aromatic heterocycles. The van der Waals surface area contributed by atoms with Gasteiger partial charge in [-0.25, -0.2) is 4.79 Å². The van der Waals surface area contributed by atoms with Crippen LogP contribution in [0.1, 0.15) is 49.9 Å². The Morgan fingerprint density at radius 3 is 2.61 bits per heavy atom. The van der Waals surface area contributed by atoms with Gasteiger partial charge in [-0.2, -0.15) is 0 Å². The van der Waals surface area contributed by atoms with Gasteiger partial charge in [0.15, 0.2) is 6.61 Å². The maximum Gasteiger partial charge on any atom is 0.354 e. The first-order valence-corrected chi connectivity index (χ1v) is 10.7. The molecule has 1 saturated carbocycles. The van der Waals surface area contributed by atoms with Crippen molar-refractivity contribution in [3.05, 3.63) is 42.0 Å². The van der Waals surface area contributed by atoms with Gasteiger partial charge in [0.2, 0.25) is 11.6 Å². The zero-order valence-corrected chi connectivity index (χ0v) is 17.9. The second-order valence-corrected chi connectivity index (χ2v) is 8.41. The van der Waals surface area contributed by atoms with Crippen molar-refractivity contribution in [2.24, 2.45) is 0 Å². The first kappa shape index (κ1) is 21.1. The average Bonchev–Trinajstić information content (AvgIpc) is 3.52. The number of nitrogens with zero attached hydrogens (tertiary/aromatic N) is 3. The second-order valence-electron chi connectivity index (χ2n) is 8.41. The van der Waals surface area contributed by atoms with E-state index >= 15 is 0 Å². The number of anilines is 1. The molecule has 0 bridgehead atoms. The predicted molar refractivity (Wildman–Crippen MR) is 113 cm³/mol. The quantitative estimate of drug-likeness (QED) is 0.493. The van der Waals surface area contributed by atoms with Crippen molar-refractivity contribution < 1.29 is 23.9 Å². The number of fused-ring (bicyclic) bond motifs is 3. The van der Waals surface area contributed by atoms with Gasteiger partial charge in [0, 0.05) is 32.0 Å². The smallest absolute Gasteiger partial charge is 0.354 e. The summed E-state index contributed by atoms with van der Waals surface area (Å²) in [6.07, 6.45) is 1.82. The van der Waals surface area contributed by atoms with Crippen LogP contribution in [0, 0.1) is 0 Å². The average molecular weight is 425 g/mol. The molecule has 1 aliphatic carbocycles. The fourth-order valence-corrected chi connectivity index (χ4v) is 4.55. The molecular formula is C23H27N3O5. The van der Waals surface area contributed by atoms with E-state index in [9.17, 15) is 19.2 Å². The fourth-order valence-electron chi connectivity index (χ4n) is 4.55. The first-order chi connectivity index (χ1) is 14.8. The Labute approximate surface area is 181 Å². The Hall–Kier alpha value is -3.16. The number of rotatable bonds is 7. The van der Waals surface area contributed by atoms with E-state index in [1.54, 1.807) is 29.2 Å². The van der Waals surface area contributed by atoms with Crippen molar-refractivity contribution in [3.63, 3.8) is 0 Å². The molecule has 0 radical (unpaired) electrons. The summed E-state index contributed by atoms with van der Waals surface area (Å²) in [5.74, 6) is -1.57. The van der Waals surface area contributed by atoms with Crippen LogP contribution in [-0.4, -0.2) is 64.9 Å². The van der Waals surface area contributed by atoms with Crippen LogP contribution in [-0.2, 0) is 19.1 Å². The fraction of sp³-hybridized carbons (Fsp3) is 0.478. The molecule has 3 aliphatic rings. The van der Waals surface area contributed by atoms with Crippen molar-refractivity contribution in [3.8, 4) is 0 Å². The molecule has 1 atom stereocenters. The maximum atomic E-state index is 13.5. The van der Waals surface area contributed by atoms with Crippen molar-refractivity contribution in [1.29, 1.82) is 0 Å². The van der Waals surface area contributed by atoms with Crippen molar-refractivity contribution in [2.45, 2.75) is 51.2 Å². The van der Waals surface area contributed by atoms with Gasteiger partial charge in [-0.1, -0.05) is 24.3 Å². The lowest BCUT2D eigenvalue weighted by atomic mass is 9.96. The molecule has 8 nitrogen and oxygen atoms in total. The molecule has 0 N–H and O–H groups in total. The van der Waals surface area contributed by atoms with E-state index in [-0.39, 0.29) is 36.6 Å². The summed E-state index contributed by atoms with van der Waals surface area (Å²) in [4.78, 5) is 56.8. The van der Waals surface area contributed by atoms with Crippen molar-refractivity contribution >= 4 is 29.4 Å². The number of ether oxygens (including phenoxy) is 1. The number of amides is 3. The molecule has 1 unspecified atom stereocenters. The molecule has 31 heavy (non-hydrogen) atoms. The SMILES string of the molecule is C=C(C)CN(CC)C(=O)COC(=O)C12CCC(=O)N1c1ccccc1C(=O)N2C1CC1. The molecule has 1 aromatic rings. The summed E-state index contributed by atoms with van der Waals surface area (Å²) in [7, 11) is 0. The molecule has 8 heteroatoms. The largest absolute Gasteiger partial charge is 0.452 e. The van der Waals surface area contributed by atoms with Crippen LogP contribution >= 0.6 is 0 Å². The number of para-hydroxylation sites is 1. The summed E-state index contributed by atoms with van der Waals surface area (Å²) in [6.45, 7) is 7.87. The Morgan fingerprint density at radius 2 is 1.97 bits per heavy atom. The molecule has 3 amide bonds. The van der Waals surface area contributed by atoms with E-state index < -0.39 is 18.2 Å². The van der Waals surface area contributed by atoms with Crippen LogP contribution in [0.15, 0.2) is 36.4 Å². The number of carbonyl (C=O) groups excluding carboxylic acids is 4. The second kappa shape index (κ2) is 7.83. The molecule has 1 saturated heterocycles. The predicted octanol–water partition coefficient (Wildman–Crippen LogP) is 2.10. The molecule has 164 valence electrons. The highest BCUT2D eigenvalue weighted by molar-refractivity contribution is 6.15. The van der Waals surface area contributed by atoms with Gasteiger partial charge in [-0.05, 0) is 38.8 Å². The topological polar surface area (TPSA) is 87.2 Å². The van der Waals surface area contributed by atoms with E-state index in [0.29, 0.717) is 24.3 Å². The van der Waals surface area contributed by atoms with E-state index in [0.717, 1.165) is 18.4 Å². The van der Waals surface area contributed by atoms with Gasteiger partial charge < -0.3 is 14.5 Å². The van der Waals surface area contributed by atoms with Gasteiger partial charge in [-0.3, -0.25) is 19.3 Å². The molecule has 1 aromatic carbocycles. The number of hydrogen-bond donors (Lipinski definition) is 0. The number of carbonyl (C=O) groups is 4. The van der Waals surface area contributed by atoms with Gasteiger partial charge in [0.1, 0.15) is 0 Å². The van der Waals surface area contributed by atoms with Gasteiger partial charge in [0.05, 0.1) is 11.3 Å². The van der Waals surface area contributed by atoms with E-state index in [4.69, 9.17) is 4.74 Å². The minimum absolute atomic E-state index is 0.118. The molecule has 2 heterocycles. The third-order valence-electron chi connectivity index (χ3n) is 6.06. The van der Waals surface area contributed by atoms with Crippen LogP contribution in [0.2, 0.25) is 0 Å². The Morgan fingerprint density at radius 1 is 1.26 bits per heavy atom. The number of benzene rings is 1. The minimum atomic E-state index is -1.53. The molecule has 0 spiro atoms. The highest BCUT2D eigenvalue weighted by Crippen LogP contribution is 2.49. The molecule has 4 rings (SSSR count). The highest BCUT2D eigenvalue weighted by Gasteiger charge is 2.64. The summed E-state index contributed by atoms with van der Waals surface area (Å²) >= 11 is 0.